The van der Waals surface area contributed by atoms with Gasteiger partial charge in [-0.2, -0.15) is 0 Å². The van der Waals surface area contributed by atoms with Gasteiger partial charge in [0.05, 0.1) is 18.3 Å². The number of methoxy groups -OCH3 is 1. The van der Waals surface area contributed by atoms with Crippen molar-refractivity contribution in [1.29, 1.82) is 0 Å². The molecular formula is C14H17BrN2O2S. The van der Waals surface area contributed by atoms with Crippen molar-refractivity contribution in [2.75, 3.05) is 26.5 Å². The number of rotatable bonds is 4. The summed E-state index contributed by atoms with van der Waals surface area (Å²) in [6.45, 7) is 2.44. The van der Waals surface area contributed by atoms with Crippen LogP contribution >= 0.6 is 27.3 Å². The third-order valence-corrected chi connectivity index (χ3v) is 5.10. The van der Waals surface area contributed by atoms with Crippen LogP contribution in [0.15, 0.2) is 22.7 Å². The van der Waals surface area contributed by atoms with Gasteiger partial charge in [0.1, 0.15) is 4.88 Å². The standard InChI is InChI=1S/C14H17BrN2O2S/c1-8(7-19-3)17(2)14(18)13-12(16)11-9(15)5-4-6-10(11)20-13/h4-6,8H,7,16H2,1-3H3. The van der Waals surface area contributed by atoms with Crippen LogP contribution in [0.2, 0.25) is 0 Å². The molecule has 4 nitrogen and oxygen atoms in total. The quantitative estimate of drug-likeness (QED) is 0.913. The summed E-state index contributed by atoms with van der Waals surface area (Å²) in [4.78, 5) is 14.8. The highest BCUT2D eigenvalue weighted by Crippen LogP contribution is 2.38. The molecule has 0 aliphatic carbocycles. The van der Waals surface area contributed by atoms with Crippen molar-refractivity contribution in [2.24, 2.45) is 0 Å². The molecule has 0 aliphatic rings. The molecule has 0 bridgehead atoms. The molecule has 2 rings (SSSR count). The summed E-state index contributed by atoms with van der Waals surface area (Å²) in [5.74, 6) is -0.0693. The number of fused-ring (bicyclic) bond motifs is 1. The molecule has 6 heteroatoms. The van der Waals surface area contributed by atoms with Gasteiger partial charge in [0, 0.05) is 28.7 Å². The molecule has 0 spiro atoms. The number of hydrogen-bond acceptors (Lipinski definition) is 4. The summed E-state index contributed by atoms with van der Waals surface area (Å²) < 4.78 is 7.01. The molecule has 1 heterocycles. The van der Waals surface area contributed by atoms with E-state index >= 15 is 0 Å². The molecule has 0 saturated carbocycles. The zero-order valence-electron chi connectivity index (χ0n) is 11.6. The van der Waals surface area contributed by atoms with Crippen LogP contribution in [0.5, 0.6) is 0 Å². The maximum absolute atomic E-state index is 12.5. The first-order valence-corrected chi connectivity index (χ1v) is 7.81. The smallest absolute Gasteiger partial charge is 0.266 e. The maximum atomic E-state index is 12.5. The third kappa shape index (κ3) is 2.68. The van der Waals surface area contributed by atoms with Gasteiger partial charge in [0.25, 0.3) is 5.91 Å². The molecule has 108 valence electrons. The fourth-order valence-corrected chi connectivity index (χ4v) is 3.84. The van der Waals surface area contributed by atoms with E-state index in [4.69, 9.17) is 10.5 Å². The minimum absolute atomic E-state index is 0.000512. The number of ether oxygens (including phenoxy) is 1. The molecule has 0 aliphatic heterocycles. The van der Waals surface area contributed by atoms with Gasteiger partial charge in [-0.15, -0.1) is 11.3 Å². The van der Waals surface area contributed by atoms with Crippen LogP contribution < -0.4 is 5.73 Å². The number of amides is 1. The zero-order chi connectivity index (χ0) is 14.9. The summed E-state index contributed by atoms with van der Waals surface area (Å²) in [5, 5.41) is 0.911. The van der Waals surface area contributed by atoms with Crippen LogP contribution in [0.4, 0.5) is 5.69 Å². The van der Waals surface area contributed by atoms with Crippen molar-refractivity contribution in [1.82, 2.24) is 4.90 Å². The van der Waals surface area contributed by atoms with Crippen LogP contribution in [0.3, 0.4) is 0 Å². The number of halogens is 1. The predicted octanol–water partition coefficient (Wildman–Crippen LogP) is 3.35. The molecule has 2 aromatic rings. The number of anilines is 1. The van der Waals surface area contributed by atoms with Gasteiger partial charge in [-0.1, -0.05) is 22.0 Å². The van der Waals surface area contributed by atoms with E-state index in [0.29, 0.717) is 17.2 Å². The number of thiophene rings is 1. The minimum atomic E-state index is -0.0693. The number of benzene rings is 1. The van der Waals surface area contributed by atoms with Gasteiger partial charge in [-0.05, 0) is 19.1 Å². The van der Waals surface area contributed by atoms with Crippen LogP contribution in [0.1, 0.15) is 16.6 Å². The Hall–Kier alpha value is -1.11. The number of carbonyl (C=O) groups is 1. The molecule has 0 saturated heterocycles. The first kappa shape index (κ1) is 15.3. The van der Waals surface area contributed by atoms with Crippen LogP contribution in [0.25, 0.3) is 10.1 Å². The van der Waals surface area contributed by atoms with E-state index in [1.165, 1.54) is 11.3 Å². The Morgan fingerprint density at radius 3 is 2.85 bits per heavy atom. The van der Waals surface area contributed by atoms with Crippen molar-refractivity contribution in [3.8, 4) is 0 Å². The normalized spacial score (nSPS) is 12.6. The molecule has 0 fully saturated rings. The summed E-state index contributed by atoms with van der Waals surface area (Å²) in [5.41, 5.74) is 6.69. The van der Waals surface area contributed by atoms with Gasteiger partial charge in [0.2, 0.25) is 0 Å². The topological polar surface area (TPSA) is 55.6 Å². The highest BCUT2D eigenvalue weighted by atomic mass is 79.9. The fraction of sp³-hybridized carbons (Fsp3) is 0.357. The van der Waals surface area contributed by atoms with Crippen molar-refractivity contribution in [2.45, 2.75) is 13.0 Å². The average molecular weight is 357 g/mol. The van der Waals surface area contributed by atoms with E-state index in [1.807, 2.05) is 25.1 Å². The molecule has 2 N–H and O–H groups in total. The average Bonchev–Trinajstić information content (AvgIpc) is 2.76. The number of hydrogen-bond donors (Lipinski definition) is 1. The molecule has 20 heavy (non-hydrogen) atoms. The molecule has 1 unspecified atom stereocenters. The van der Waals surface area contributed by atoms with E-state index in [9.17, 15) is 4.79 Å². The molecule has 0 radical (unpaired) electrons. The third-order valence-electron chi connectivity index (χ3n) is 3.28. The van der Waals surface area contributed by atoms with Crippen molar-refractivity contribution in [3.05, 3.63) is 27.5 Å². The van der Waals surface area contributed by atoms with Gasteiger partial charge < -0.3 is 15.4 Å². The summed E-state index contributed by atoms with van der Waals surface area (Å²) in [6.07, 6.45) is 0. The van der Waals surface area contributed by atoms with Crippen molar-refractivity contribution >= 4 is 48.9 Å². The highest BCUT2D eigenvalue weighted by molar-refractivity contribution is 9.10. The lowest BCUT2D eigenvalue weighted by Gasteiger charge is -2.23. The Balaban J connectivity index is 2.40. The maximum Gasteiger partial charge on any atom is 0.266 e. The lowest BCUT2D eigenvalue weighted by Crippen LogP contribution is -2.37. The Morgan fingerprint density at radius 1 is 1.55 bits per heavy atom. The molecular weight excluding hydrogens is 340 g/mol. The Bertz CT molecular complexity index is 641. The van der Waals surface area contributed by atoms with E-state index in [0.717, 1.165) is 14.6 Å². The van der Waals surface area contributed by atoms with Gasteiger partial charge in [0.15, 0.2) is 0 Å². The minimum Gasteiger partial charge on any atom is -0.397 e. The summed E-state index contributed by atoms with van der Waals surface area (Å²) in [6, 6.07) is 5.84. The van der Waals surface area contributed by atoms with Crippen molar-refractivity contribution < 1.29 is 9.53 Å². The fourth-order valence-electron chi connectivity index (χ4n) is 2.00. The number of likely N-dealkylation sites (N-methyl/N-ethyl adjacent to an activating group) is 1. The van der Waals surface area contributed by atoms with E-state index in [-0.39, 0.29) is 11.9 Å². The predicted molar refractivity (Wildman–Crippen MR) is 87.4 cm³/mol. The lowest BCUT2D eigenvalue weighted by atomic mass is 10.2. The van der Waals surface area contributed by atoms with E-state index in [1.54, 1.807) is 19.1 Å². The summed E-state index contributed by atoms with van der Waals surface area (Å²) in [7, 11) is 3.39. The number of nitrogens with zero attached hydrogens (tertiary/aromatic N) is 1. The second-order valence-corrected chi connectivity index (χ2v) is 6.58. The molecule has 1 aromatic heterocycles. The number of nitrogens with two attached hydrogens (primary N) is 1. The van der Waals surface area contributed by atoms with Gasteiger partial charge in [-0.25, -0.2) is 0 Å². The van der Waals surface area contributed by atoms with E-state index in [2.05, 4.69) is 15.9 Å². The largest absolute Gasteiger partial charge is 0.397 e. The van der Waals surface area contributed by atoms with Crippen LogP contribution in [-0.2, 0) is 4.74 Å². The highest BCUT2D eigenvalue weighted by Gasteiger charge is 2.23. The SMILES string of the molecule is COCC(C)N(C)C(=O)c1sc2cccc(Br)c2c1N. The Kier molecular flexibility index (Phi) is 4.67. The monoisotopic (exact) mass is 356 g/mol. The van der Waals surface area contributed by atoms with Crippen LogP contribution in [-0.4, -0.2) is 37.6 Å². The second kappa shape index (κ2) is 6.11. The van der Waals surface area contributed by atoms with E-state index < -0.39 is 0 Å². The number of carbonyl (C=O) groups excluding carboxylic acids is 1. The molecule has 1 amide bonds. The second-order valence-electron chi connectivity index (χ2n) is 4.68. The first-order valence-electron chi connectivity index (χ1n) is 6.20. The van der Waals surface area contributed by atoms with Gasteiger partial charge in [-0.3, -0.25) is 4.79 Å². The first-order chi connectivity index (χ1) is 9.47. The zero-order valence-corrected chi connectivity index (χ0v) is 14.0. The molecule has 1 aromatic carbocycles. The summed E-state index contributed by atoms with van der Waals surface area (Å²) >= 11 is 4.91. The molecule has 1 atom stereocenters. The van der Waals surface area contributed by atoms with Crippen LogP contribution in [0, 0.1) is 0 Å². The Labute approximate surface area is 130 Å². The lowest BCUT2D eigenvalue weighted by molar-refractivity contribution is 0.0639. The Morgan fingerprint density at radius 2 is 2.25 bits per heavy atom. The van der Waals surface area contributed by atoms with Crippen molar-refractivity contribution in [3.63, 3.8) is 0 Å². The number of nitrogen functional groups attached to an aromatic ring is 1. The van der Waals surface area contributed by atoms with Gasteiger partial charge >= 0.3 is 0 Å².